The Kier molecular flexibility index (Phi) is 2.93. The predicted octanol–water partition coefficient (Wildman–Crippen LogP) is -1.10. The van der Waals surface area contributed by atoms with E-state index in [9.17, 15) is 14.4 Å². The summed E-state index contributed by atoms with van der Waals surface area (Å²) in [4.78, 5) is 37.7. The molecule has 1 N–H and O–H groups in total. The minimum absolute atomic E-state index is 0.311. The summed E-state index contributed by atoms with van der Waals surface area (Å²) < 4.78 is 2.35. The molecule has 0 atom stereocenters. The number of aromatic nitrogens is 2. The van der Waals surface area contributed by atoms with Crippen molar-refractivity contribution in [3.63, 3.8) is 0 Å². The number of hydrogen-bond acceptors (Lipinski definition) is 5. The summed E-state index contributed by atoms with van der Waals surface area (Å²) in [6, 6.07) is 0. The monoisotopic (exact) mass is 266 g/mol. The average molecular weight is 266 g/mol. The number of carboxylic acid groups (broad SMARTS) is 1. The van der Waals surface area contributed by atoms with Gasteiger partial charge >= 0.3 is 11.7 Å². The van der Waals surface area contributed by atoms with Gasteiger partial charge in [-0.05, 0) is 0 Å². The van der Waals surface area contributed by atoms with E-state index in [1.54, 1.807) is 23.9 Å². The summed E-state index contributed by atoms with van der Waals surface area (Å²) in [6.45, 7) is 0.311. The number of anilines is 2. The highest BCUT2D eigenvalue weighted by molar-refractivity contribution is 5.81. The topological polar surface area (TPSA) is 87.8 Å². The molecule has 0 spiro atoms. The molecule has 2 rings (SSSR count). The molecule has 0 fully saturated rings. The lowest BCUT2D eigenvalue weighted by molar-refractivity contribution is -0.131. The fourth-order valence-electron chi connectivity index (χ4n) is 2.12. The Morgan fingerprint density at radius 3 is 2.42 bits per heavy atom. The van der Waals surface area contributed by atoms with Gasteiger partial charge in [-0.15, -0.1) is 0 Å². The number of nitrogens with zero attached hydrogens (tertiary/aromatic N) is 4. The first-order valence-corrected chi connectivity index (χ1v) is 5.53. The molecule has 19 heavy (non-hydrogen) atoms. The van der Waals surface area contributed by atoms with E-state index in [-0.39, 0.29) is 0 Å². The molecule has 0 aliphatic carbocycles. The van der Waals surface area contributed by atoms with Gasteiger partial charge in [0, 0.05) is 33.4 Å². The van der Waals surface area contributed by atoms with Gasteiger partial charge in [0.25, 0.3) is 5.56 Å². The van der Waals surface area contributed by atoms with Crippen LogP contribution in [-0.2, 0) is 18.9 Å². The molecular formula is C11H14N4O4. The maximum atomic E-state index is 12.1. The van der Waals surface area contributed by atoms with E-state index in [1.165, 1.54) is 17.8 Å². The Balaban J connectivity index is 2.68. The Morgan fingerprint density at radius 1 is 1.21 bits per heavy atom. The van der Waals surface area contributed by atoms with Gasteiger partial charge < -0.3 is 14.9 Å². The van der Waals surface area contributed by atoms with E-state index in [2.05, 4.69) is 0 Å². The molecule has 8 nitrogen and oxygen atoms in total. The second-order valence-electron chi connectivity index (χ2n) is 4.34. The Morgan fingerprint density at radius 2 is 1.84 bits per heavy atom. The van der Waals surface area contributed by atoms with E-state index in [0.717, 1.165) is 10.6 Å². The second kappa shape index (κ2) is 4.30. The second-order valence-corrected chi connectivity index (χ2v) is 4.34. The molecule has 0 aromatic carbocycles. The SMILES string of the molecule is CN1CN(C=CC(=O)O)c2c1c(=O)n(C)c(=O)n2C. The maximum Gasteiger partial charge on any atom is 0.332 e. The molecule has 102 valence electrons. The lowest BCUT2D eigenvalue weighted by Gasteiger charge is -2.15. The Hall–Kier alpha value is -2.51. The van der Waals surface area contributed by atoms with Crippen molar-refractivity contribution in [1.82, 2.24) is 9.13 Å². The first-order chi connectivity index (χ1) is 8.84. The van der Waals surface area contributed by atoms with Crippen LogP contribution >= 0.6 is 0 Å². The summed E-state index contributed by atoms with van der Waals surface area (Å²) in [7, 11) is 4.66. The number of carbonyl (C=O) groups is 1. The van der Waals surface area contributed by atoms with Crippen LogP contribution in [0.25, 0.3) is 0 Å². The van der Waals surface area contributed by atoms with Crippen LogP contribution in [0.3, 0.4) is 0 Å². The summed E-state index contributed by atoms with van der Waals surface area (Å²) in [5.74, 6) is -0.696. The summed E-state index contributed by atoms with van der Waals surface area (Å²) in [5, 5.41) is 8.65. The van der Waals surface area contributed by atoms with Crippen molar-refractivity contribution in [3.8, 4) is 0 Å². The number of carboxylic acids is 1. The molecule has 0 unspecified atom stereocenters. The number of hydrogen-bond donors (Lipinski definition) is 1. The molecule has 0 saturated heterocycles. The molecule has 8 heteroatoms. The Labute approximate surface area is 108 Å². The first kappa shape index (κ1) is 12.9. The van der Waals surface area contributed by atoms with Crippen molar-refractivity contribution < 1.29 is 9.90 Å². The molecule has 2 heterocycles. The quantitative estimate of drug-likeness (QED) is 0.683. The van der Waals surface area contributed by atoms with Crippen molar-refractivity contribution >= 4 is 17.5 Å². The van der Waals surface area contributed by atoms with Crippen LogP contribution in [0, 0.1) is 0 Å². The predicted molar refractivity (Wildman–Crippen MR) is 69.4 cm³/mol. The molecule has 1 aromatic rings. The van der Waals surface area contributed by atoms with Crippen molar-refractivity contribution in [3.05, 3.63) is 33.1 Å². The summed E-state index contributed by atoms with van der Waals surface area (Å²) in [6.07, 6.45) is 2.30. The van der Waals surface area contributed by atoms with Gasteiger partial charge in [-0.3, -0.25) is 13.9 Å². The van der Waals surface area contributed by atoms with Gasteiger partial charge in [0.15, 0.2) is 0 Å². The molecule has 1 aliphatic heterocycles. The maximum absolute atomic E-state index is 12.1. The van der Waals surface area contributed by atoms with E-state index >= 15 is 0 Å². The fraction of sp³-hybridized carbons (Fsp3) is 0.364. The van der Waals surface area contributed by atoms with Gasteiger partial charge in [0.05, 0.1) is 6.67 Å². The van der Waals surface area contributed by atoms with Crippen molar-refractivity contribution in [1.29, 1.82) is 0 Å². The molecule has 0 amide bonds. The minimum atomic E-state index is -1.09. The van der Waals surface area contributed by atoms with E-state index in [1.807, 2.05) is 0 Å². The third-order valence-electron chi connectivity index (χ3n) is 3.03. The van der Waals surface area contributed by atoms with Crippen molar-refractivity contribution in [2.75, 3.05) is 23.5 Å². The zero-order chi connectivity index (χ0) is 14.3. The Bertz CT molecular complexity index is 685. The van der Waals surface area contributed by atoms with Crippen LogP contribution in [0.2, 0.25) is 0 Å². The van der Waals surface area contributed by atoms with Crippen LogP contribution in [0.1, 0.15) is 0 Å². The number of aliphatic carboxylic acids is 1. The molecule has 1 aliphatic rings. The lowest BCUT2D eigenvalue weighted by atomic mass is 10.4. The molecule has 0 radical (unpaired) electrons. The standard InChI is InChI=1S/C11H14N4O4/c1-12-6-15(5-4-7(16)17)9-8(12)10(18)14(3)11(19)13(9)2/h4-5H,6H2,1-3H3,(H,16,17). The van der Waals surface area contributed by atoms with Gasteiger partial charge in [-0.2, -0.15) is 0 Å². The normalized spacial score (nSPS) is 14.3. The van der Waals surface area contributed by atoms with Gasteiger partial charge in [-0.25, -0.2) is 9.59 Å². The van der Waals surface area contributed by atoms with Gasteiger partial charge in [-0.1, -0.05) is 0 Å². The third-order valence-corrected chi connectivity index (χ3v) is 3.03. The highest BCUT2D eigenvalue weighted by atomic mass is 16.4. The van der Waals surface area contributed by atoms with Crippen LogP contribution in [0.15, 0.2) is 21.9 Å². The molecular weight excluding hydrogens is 252 g/mol. The van der Waals surface area contributed by atoms with Gasteiger partial charge in [0.1, 0.15) is 11.5 Å². The molecule has 0 saturated carbocycles. The summed E-state index contributed by atoms with van der Waals surface area (Å²) in [5.41, 5.74) is -0.473. The zero-order valence-corrected chi connectivity index (χ0v) is 10.8. The van der Waals surface area contributed by atoms with Crippen LogP contribution in [0.4, 0.5) is 11.5 Å². The highest BCUT2D eigenvalue weighted by Crippen LogP contribution is 2.29. The van der Waals surface area contributed by atoms with Crippen LogP contribution in [0.5, 0.6) is 0 Å². The lowest BCUT2D eigenvalue weighted by Crippen LogP contribution is -2.38. The highest BCUT2D eigenvalue weighted by Gasteiger charge is 2.29. The van der Waals surface area contributed by atoms with Crippen LogP contribution < -0.4 is 21.0 Å². The van der Waals surface area contributed by atoms with E-state index in [4.69, 9.17) is 5.11 Å². The smallest absolute Gasteiger partial charge is 0.332 e. The number of rotatable bonds is 2. The first-order valence-electron chi connectivity index (χ1n) is 5.53. The average Bonchev–Trinajstić information content (AvgIpc) is 2.68. The fourth-order valence-corrected chi connectivity index (χ4v) is 2.12. The number of fused-ring (bicyclic) bond motifs is 1. The van der Waals surface area contributed by atoms with Gasteiger partial charge in [0.2, 0.25) is 0 Å². The zero-order valence-electron chi connectivity index (χ0n) is 10.8. The van der Waals surface area contributed by atoms with Crippen molar-refractivity contribution in [2.24, 2.45) is 14.1 Å². The van der Waals surface area contributed by atoms with E-state index < -0.39 is 17.2 Å². The summed E-state index contributed by atoms with van der Waals surface area (Å²) >= 11 is 0. The molecule has 1 aromatic heterocycles. The van der Waals surface area contributed by atoms with Crippen molar-refractivity contribution in [2.45, 2.75) is 0 Å². The van der Waals surface area contributed by atoms with E-state index in [0.29, 0.717) is 18.2 Å². The third kappa shape index (κ3) is 1.90. The molecule has 0 bridgehead atoms. The minimum Gasteiger partial charge on any atom is -0.478 e. The largest absolute Gasteiger partial charge is 0.478 e. The van der Waals surface area contributed by atoms with Crippen LogP contribution in [-0.4, -0.2) is 33.9 Å².